The number of anilines is 1. The van der Waals surface area contributed by atoms with E-state index in [2.05, 4.69) is 5.32 Å². The van der Waals surface area contributed by atoms with Gasteiger partial charge in [0.1, 0.15) is 0 Å². The summed E-state index contributed by atoms with van der Waals surface area (Å²) in [5.41, 5.74) is 0.492. The van der Waals surface area contributed by atoms with E-state index >= 15 is 0 Å². The van der Waals surface area contributed by atoms with Gasteiger partial charge in [-0.05, 0) is 36.8 Å². The fraction of sp³-hybridized carbons (Fsp3) is 0.588. The molecule has 0 aromatic heterocycles. The van der Waals surface area contributed by atoms with E-state index in [1.807, 2.05) is 6.92 Å². The normalized spacial score (nSPS) is 27.6. The van der Waals surface area contributed by atoms with E-state index in [-0.39, 0.29) is 29.8 Å². The van der Waals surface area contributed by atoms with Crippen LogP contribution in [0.4, 0.5) is 5.69 Å². The fourth-order valence-corrected chi connectivity index (χ4v) is 5.45. The standard InChI is InChI=1S/C17H22N2O5S/c1-2-7-25(21,22)19-6-5-17(10-19)9-13(17)16(20)18-12-3-4-14-15(8-12)24-11-23-14/h3-4,8,13H,2,5-7,9-11H2,1H3,(H,18,20)/t13-,17+/m0/s1. The van der Waals surface area contributed by atoms with Gasteiger partial charge in [0.25, 0.3) is 0 Å². The Morgan fingerprint density at radius 3 is 2.96 bits per heavy atom. The molecule has 1 aromatic carbocycles. The van der Waals surface area contributed by atoms with Gasteiger partial charge in [-0.15, -0.1) is 0 Å². The lowest BCUT2D eigenvalue weighted by molar-refractivity contribution is -0.118. The van der Waals surface area contributed by atoms with Gasteiger partial charge in [-0.25, -0.2) is 12.7 Å². The summed E-state index contributed by atoms with van der Waals surface area (Å²) >= 11 is 0. The van der Waals surface area contributed by atoms with Crippen LogP contribution in [0, 0.1) is 11.3 Å². The molecule has 1 saturated carbocycles. The monoisotopic (exact) mass is 366 g/mol. The number of hydrogen-bond donors (Lipinski definition) is 1. The number of amides is 1. The molecule has 1 saturated heterocycles. The molecule has 1 amide bonds. The number of benzene rings is 1. The van der Waals surface area contributed by atoms with Gasteiger partial charge in [0.2, 0.25) is 22.7 Å². The zero-order valence-corrected chi connectivity index (χ0v) is 15.0. The summed E-state index contributed by atoms with van der Waals surface area (Å²) in [6.45, 7) is 3.05. The molecule has 2 atom stereocenters. The molecule has 0 radical (unpaired) electrons. The summed E-state index contributed by atoms with van der Waals surface area (Å²) in [4.78, 5) is 12.6. The summed E-state index contributed by atoms with van der Waals surface area (Å²) in [5, 5.41) is 2.92. The molecule has 25 heavy (non-hydrogen) atoms. The van der Waals surface area contributed by atoms with Crippen molar-refractivity contribution in [2.75, 3.05) is 31.0 Å². The van der Waals surface area contributed by atoms with Crippen LogP contribution in [0.25, 0.3) is 0 Å². The summed E-state index contributed by atoms with van der Waals surface area (Å²) in [5.74, 6) is 1.31. The maximum absolute atomic E-state index is 12.6. The Kier molecular flexibility index (Phi) is 3.92. The van der Waals surface area contributed by atoms with Gasteiger partial charge in [0.15, 0.2) is 11.5 Å². The Hall–Kier alpha value is -1.80. The average Bonchev–Trinajstić information content (AvgIpc) is 2.90. The van der Waals surface area contributed by atoms with Crippen LogP contribution in [0.3, 0.4) is 0 Å². The van der Waals surface area contributed by atoms with Gasteiger partial charge in [-0.3, -0.25) is 4.79 Å². The van der Waals surface area contributed by atoms with E-state index in [0.29, 0.717) is 36.7 Å². The second kappa shape index (κ2) is 5.88. The van der Waals surface area contributed by atoms with Crippen molar-refractivity contribution in [3.63, 3.8) is 0 Å². The van der Waals surface area contributed by atoms with E-state index in [9.17, 15) is 13.2 Å². The van der Waals surface area contributed by atoms with Gasteiger partial charge in [-0.2, -0.15) is 0 Å². The number of sulfonamides is 1. The summed E-state index contributed by atoms with van der Waals surface area (Å²) < 4.78 is 36.6. The number of nitrogens with one attached hydrogen (secondary N) is 1. The second-order valence-corrected chi connectivity index (χ2v) is 9.16. The fourth-order valence-electron chi connectivity index (χ4n) is 3.85. The van der Waals surface area contributed by atoms with E-state index < -0.39 is 10.0 Å². The van der Waals surface area contributed by atoms with E-state index in [4.69, 9.17) is 9.47 Å². The molecule has 2 fully saturated rings. The van der Waals surface area contributed by atoms with Crippen LogP contribution in [-0.4, -0.2) is 44.3 Å². The highest BCUT2D eigenvalue weighted by atomic mass is 32.2. The predicted octanol–water partition coefficient (Wildman–Crippen LogP) is 1.81. The molecule has 2 heterocycles. The largest absolute Gasteiger partial charge is 0.454 e. The van der Waals surface area contributed by atoms with Crippen LogP contribution in [-0.2, 0) is 14.8 Å². The van der Waals surface area contributed by atoms with Gasteiger partial charge < -0.3 is 14.8 Å². The topological polar surface area (TPSA) is 84.9 Å². The maximum atomic E-state index is 12.6. The summed E-state index contributed by atoms with van der Waals surface area (Å²) in [6.07, 6.45) is 2.12. The van der Waals surface area contributed by atoms with Gasteiger partial charge in [-0.1, -0.05) is 6.92 Å². The van der Waals surface area contributed by atoms with Crippen molar-refractivity contribution in [2.45, 2.75) is 26.2 Å². The van der Waals surface area contributed by atoms with Crippen LogP contribution in [0.15, 0.2) is 18.2 Å². The number of carbonyl (C=O) groups is 1. The van der Waals surface area contributed by atoms with Gasteiger partial charge in [0.05, 0.1) is 5.75 Å². The van der Waals surface area contributed by atoms with Crippen molar-refractivity contribution in [3.05, 3.63) is 18.2 Å². The lowest BCUT2D eigenvalue weighted by Crippen LogP contribution is -2.31. The van der Waals surface area contributed by atoms with Gasteiger partial charge in [0, 0.05) is 30.8 Å². The van der Waals surface area contributed by atoms with Crippen LogP contribution in [0.2, 0.25) is 0 Å². The van der Waals surface area contributed by atoms with E-state index in [1.165, 1.54) is 0 Å². The van der Waals surface area contributed by atoms with Crippen molar-refractivity contribution < 1.29 is 22.7 Å². The number of fused-ring (bicyclic) bond motifs is 1. The quantitative estimate of drug-likeness (QED) is 0.859. The number of hydrogen-bond acceptors (Lipinski definition) is 5. The number of nitrogens with zero attached hydrogens (tertiary/aromatic N) is 1. The van der Waals surface area contributed by atoms with Crippen molar-refractivity contribution in [1.29, 1.82) is 0 Å². The third-order valence-corrected chi connectivity index (χ3v) is 7.37. The minimum absolute atomic E-state index is 0.0476. The average molecular weight is 366 g/mol. The SMILES string of the molecule is CCCS(=O)(=O)N1CC[C@@]2(C[C@H]2C(=O)Nc2ccc3c(c2)OCO3)C1. The Morgan fingerprint density at radius 1 is 1.36 bits per heavy atom. The molecule has 0 unspecified atom stereocenters. The molecular formula is C17H22N2O5S. The molecule has 1 N–H and O–H groups in total. The highest BCUT2D eigenvalue weighted by Gasteiger charge is 2.62. The third-order valence-electron chi connectivity index (χ3n) is 5.35. The first kappa shape index (κ1) is 16.7. The molecule has 8 heteroatoms. The highest BCUT2D eigenvalue weighted by Crippen LogP contribution is 2.59. The Balaban J connectivity index is 1.39. The van der Waals surface area contributed by atoms with Crippen LogP contribution >= 0.6 is 0 Å². The molecule has 1 aromatic rings. The molecule has 136 valence electrons. The lowest BCUT2D eigenvalue weighted by atomic mass is 10.0. The molecule has 4 rings (SSSR count). The Morgan fingerprint density at radius 2 is 2.16 bits per heavy atom. The predicted molar refractivity (Wildman–Crippen MR) is 92.0 cm³/mol. The van der Waals surface area contributed by atoms with Crippen LogP contribution < -0.4 is 14.8 Å². The Labute approximate surface area is 147 Å². The summed E-state index contributed by atoms with van der Waals surface area (Å²) in [6, 6.07) is 5.31. The zero-order chi connectivity index (χ0) is 17.7. The Bertz CT molecular complexity index is 809. The summed E-state index contributed by atoms with van der Waals surface area (Å²) in [7, 11) is -3.18. The van der Waals surface area contributed by atoms with E-state index in [0.717, 1.165) is 12.8 Å². The molecule has 2 aliphatic heterocycles. The zero-order valence-electron chi connectivity index (χ0n) is 14.2. The minimum Gasteiger partial charge on any atom is -0.454 e. The van der Waals surface area contributed by atoms with Crippen molar-refractivity contribution in [2.24, 2.45) is 11.3 Å². The molecule has 3 aliphatic rings. The first-order chi connectivity index (χ1) is 11.9. The molecule has 1 spiro atoms. The maximum Gasteiger partial charge on any atom is 0.231 e. The second-order valence-electron chi connectivity index (χ2n) is 7.08. The first-order valence-electron chi connectivity index (χ1n) is 8.62. The first-order valence-corrected chi connectivity index (χ1v) is 10.2. The van der Waals surface area contributed by atoms with Crippen molar-refractivity contribution in [3.8, 4) is 11.5 Å². The number of ether oxygens (including phenoxy) is 2. The molecule has 7 nitrogen and oxygen atoms in total. The molecule has 0 bridgehead atoms. The third kappa shape index (κ3) is 2.97. The smallest absolute Gasteiger partial charge is 0.231 e. The van der Waals surface area contributed by atoms with Crippen LogP contribution in [0.5, 0.6) is 11.5 Å². The van der Waals surface area contributed by atoms with Gasteiger partial charge >= 0.3 is 0 Å². The lowest BCUT2D eigenvalue weighted by Gasteiger charge is -2.16. The van der Waals surface area contributed by atoms with E-state index in [1.54, 1.807) is 22.5 Å². The van der Waals surface area contributed by atoms with Crippen molar-refractivity contribution >= 4 is 21.6 Å². The molecular weight excluding hydrogens is 344 g/mol. The molecule has 1 aliphatic carbocycles. The van der Waals surface area contributed by atoms with Crippen LogP contribution in [0.1, 0.15) is 26.2 Å². The number of carbonyl (C=O) groups excluding carboxylic acids is 1. The minimum atomic E-state index is -3.18. The highest BCUT2D eigenvalue weighted by molar-refractivity contribution is 7.89. The van der Waals surface area contributed by atoms with Crippen molar-refractivity contribution in [1.82, 2.24) is 4.31 Å². The number of rotatable bonds is 5.